The van der Waals surface area contributed by atoms with Crippen LogP contribution in [0.5, 0.6) is 5.75 Å². The zero-order valence-electron chi connectivity index (χ0n) is 12.2. The number of aliphatic hydroxyl groups excluding tert-OH is 1. The number of aliphatic hydroxyl groups is 1. The molecule has 20 heavy (non-hydrogen) atoms. The average Bonchev–Trinajstić information content (AvgIpc) is 2.48. The summed E-state index contributed by atoms with van der Waals surface area (Å²) in [6, 6.07) is 16.0. The van der Waals surface area contributed by atoms with Crippen molar-refractivity contribution in [1.29, 1.82) is 0 Å². The van der Waals surface area contributed by atoms with E-state index in [0.717, 1.165) is 23.5 Å². The minimum Gasteiger partial charge on any atom is -0.497 e. The van der Waals surface area contributed by atoms with Crippen LogP contribution in [0.2, 0.25) is 0 Å². The summed E-state index contributed by atoms with van der Waals surface area (Å²) < 4.78 is 5.16. The number of rotatable bonds is 5. The largest absolute Gasteiger partial charge is 0.497 e. The minimum absolute atomic E-state index is 0.468. The molecule has 3 heteroatoms. The lowest BCUT2D eigenvalue weighted by Crippen LogP contribution is -2.18. The number of para-hydroxylation sites is 1. The van der Waals surface area contributed by atoms with Gasteiger partial charge in [-0.1, -0.05) is 30.3 Å². The summed E-state index contributed by atoms with van der Waals surface area (Å²) in [4.78, 5) is 2.14. The van der Waals surface area contributed by atoms with Gasteiger partial charge in [-0.25, -0.2) is 0 Å². The van der Waals surface area contributed by atoms with E-state index in [-0.39, 0.29) is 0 Å². The van der Waals surface area contributed by atoms with Gasteiger partial charge in [-0.2, -0.15) is 0 Å². The van der Waals surface area contributed by atoms with Gasteiger partial charge in [0.2, 0.25) is 0 Å². The van der Waals surface area contributed by atoms with Gasteiger partial charge in [0.1, 0.15) is 5.75 Å². The van der Waals surface area contributed by atoms with Crippen molar-refractivity contribution < 1.29 is 9.84 Å². The Labute approximate surface area is 120 Å². The molecule has 0 spiro atoms. The first-order valence-electron chi connectivity index (χ1n) is 6.73. The minimum atomic E-state index is -0.468. The maximum absolute atomic E-state index is 9.84. The highest BCUT2D eigenvalue weighted by molar-refractivity contribution is 5.54. The SMILES string of the molecule is COc1ccc(CN(C)c2ccccc2[C@@H](C)O)cc1. The Morgan fingerprint density at radius 3 is 2.35 bits per heavy atom. The second-order valence-corrected chi connectivity index (χ2v) is 4.94. The van der Waals surface area contributed by atoms with Crippen LogP contribution in [0, 0.1) is 0 Å². The van der Waals surface area contributed by atoms with Crippen LogP contribution in [-0.2, 0) is 6.54 Å². The Kier molecular flexibility index (Phi) is 4.64. The van der Waals surface area contributed by atoms with Gasteiger partial charge in [0.15, 0.2) is 0 Å². The van der Waals surface area contributed by atoms with Gasteiger partial charge in [0.05, 0.1) is 13.2 Å². The van der Waals surface area contributed by atoms with Crippen molar-refractivity contribution in [2.24, 2.45) is 0 Å². The zero-order valence-corrected chi connectivity index (χ0v) is 12.2. The highest BCUT2D eigenvalue weighted by Gasteiger charge is 2.11. The molecule has 0 saturated heterocycles. The summed E-state index contributed by atoms with van der Waals surface area (Å²) in [6.45, 7) is 2.58. The van der Waals surface area contributed by atoms with Crippen LogP contribution in [-0.4, -0.2) is 19.3 Å². The van der Waals surface area contributed by atoms with Crippen molar-refractivity contribution in [2.45, 2.75) is 19.6 Å². The van der Waals surface area contributed by atoms with Crippen molar-refractivity contribution in [3.05, 3.63) is 59.7 Å². The summed E-state index contributed by atoms with van der Waals surface area (Å²) in [5.41, 5.74) is 3.20. The van der Waals surface area contributed by atoms with Crippen LogP contribution in [0.25, 0.3) is 0 Å². The van der Waals surface area contributed by atoms with E-state index in [4.69, 9.17) is 4.74 Å². The third kappa shape index (κ3) is 3.31. The first kappa shape index (κ1) is 14.4. The van der Waals surface area contributed by atoms with Crippen molar-refractivity contribution >= 4 is 5.69 Å². The normalized spacial score (nSPS) is 12.0. The zero-order chi connectivity index (χ0) is 14.5. The Hall–Kier alpha value is -2.00. The first-order valence-corrected chi connectivity index (χ1v) is 6.73. The molecule has 0 aliphatic heterocycles. The number of nitrogens with zero attached hydrogens (tertiary/aromatic N) is 1. The van der Waals surface area contributed by atoms with E-state index in [2.05, 4.69) is 17.0 Å². The fraction of sp³-hybridized carbons (Fsp3) is 0.294. The second-order valence-electron chi connectivity index (χ2n) is 4.94. The lowest BCUT2D eigenvalue weighted by atomic mass is 10.1. The van der Waals surface area contributed by atoms with E-state index in [1.807, 2.05) is 43.4 Å². The van der Waals surface area contributed by atoms with Crippen molar-refractivity contribution in [2.75, 3.05) is 19.1 Å². The third-order valence-corrected chi connectivity index (χ3v) is 3.38. The lowest BCUT2D eigenvalue weighted by Gasteiger charge is -2.23. The van der Waals surface area contributed by atoms with E-state index in [1.54, 1.807) is 14.0 Å². The van der Waals surface area contributed by atoms with Crippen LogP contribution in [0.15, 0.2) is 48.5 Å². The smallest absolute Gasteiger partial charge is 0.118 e. The highest BCUT2D eigenvalue weighted by atomic mass is 16.5. The summed E-state index contributed by atoms with van der Waals surface area (Å²) in [7, 11) is 3.70. The molecular weight excluding hydrogens is 250 g/mol. The van der Waals surface area contributed by atoms with Crippen LogP contribution in [0.4, 0.5) is 5.69 Å². The lowest BCUT2D eigenvalue weighted by molar-refractivity contribution is 0.199. The second kappa shape index (κ2) is 6.44. The van der Waals surface area contributed by atoms with Crippen LogP contribution >= 0.6 is 0 Å². The molecule has 3 nitrogen and oxygen atoms in total. The molecule has 1 N–H and O–H groups in total. The van der Waals surface area contributed by atoms with Crippen molar-refractivity contribution in [1.82, 2.24) is 0 Å². The fourth-order valence-electron chi connectivity index (χ4n) is 2.28. The predicted octanol–water partition coefficient (Wildman–Crippen LogP) is 3.38. The molecule has 0 aliphatic rings. The number of ether oxygens (including phenoxy) is 1. The molecule has 0 amide bonds. The monoisotopic (exact) mass is 271 g/mol. The maximum atomic E-state index is 9.84. The fourth-order valence-corrected chi connectivity index (χ4v) is 2.28. The molecule has 0 fully saturated rings. The number of hydrogen-bond donors (Lipinski definition) is 1. The van der Waals surface area contributed by atoms with E-state index >= 15 is 0 Å². The molecule has 0 radical (unpaired) electrons. The molecule has 0 aliphatic carbocycles. The van der Waals surface area contributed by atoms with Gasteiger partial charge in [-0.3, -0.25) is 0 Å². The van der Waals surface area contributed by atoms with Gasteiger partial charge < -0.3 is 14.7 Å². The van der Waals surface area contributed by atoms with Gasteiger partial charge >= 0.3 is 0 Å². The highest BCUT2D eigenvalue weighted by Crippen LogP contribution is 2.26. The molecule has 2 aromatic carbocycles. The van der Waals surface area contributed by atoms with Crippen molar-refractivity contribution in [3.63, 3.8) is 0 Å². The Morgan fingerprint density at radius 1 is 1.10 bits per heavy atom. The molecule has 2 rings (SSSR count). The van der Waals surface area contributed by atoms with Crippen molar-refractivity contribution in [3.8, 4) is 5.75 Å². The molecule has 1 atom stereocenters. The predicted molar refractivity (Wildman–Crippen MR) is 82.2 cm³/mol. The summed E-state index contributed by atoms with van der Waals surface area (Å²) in [5.74, 6) is 0.862. The standard InChI is InChI=1S/C17H21NO2/c1-13(19)16-6-4-5-7-17(16)18(2)12-14-8-10-15(20-3)11-9-14/h4-11,13,19H,12H2,1-3H3/t13-/m1/s1. The summed E-state index contributed by atoms with van der Waals surface area (Å²) in [5, 5.41) is 9.84. The van der Waals surface area contributed by atoms with E-state index in [9.17, 15) is 5.11 Å². The third-order valence-electron chi connectivity index (χ3n) is 3.38. The Balaban J connectivity index is 2.17. The quantitative estimate of drug-likeness (QED) is 0.905. The topological polar surface area (TPSA) is 32.7 Å². The summed E-state index contributed by atoms with van der Waals surface area (Å²) in [6.07, 6.45) is -0.468. The van der Waals surface area contributed by atoms with Crippen LogP contribution < -0.4 is 9.64 Å². The number of benzene rings is 2. The van der Waals surface area contributed by atoms with Gasteiger partial charge in [0.25, 0.3) is 0 Å². The average molecular weight is 271 g/mol. The molecule has 2 aromatic rings. The Morgan fingerprint density at radius 2 is 1.75 bits per heavy atom. The molecule has 0 aromatic heterocycles. The summed E-state index contributed by atoms with van der Waals surface area (Å²) >= 11 is 0. The molecule has 0 bridgehead atoms. The van der Waals surface area contributed by atoms with Gasteiger partial charge in [-0.05, 0) is 30.7 Å². The number of methoxy groups -OCH3 is 1. The van der Waals surface area contributed by atoms with E-state index in [0.29, 0.717) is 0 Å². The molecule has 0 unspecified atom stereocenters. The van der Waals surface area contributed by atoms with Crippen LogP contribution in [0.3, 0.4) is 0 Å². The Bertz CT molecular complexity index is 549. The molecule has 0 heterocycles. The molecule has 0 saturated carbocycles. The van der Waals surface area contributed by atoms with Crippen LogP contribution in [0.1, 0.15) is 24.2 Å². The first-order chi connectivity index (χ1) is 9.61. The number of hydrogen-bond acceptors (Lipinski definition) is 3. The molecule has 106 valence electrons. The molecular formula is C17H21NO2. The van der Waals surface area contributed by atoms with Gasteiger partial charge in [-0.15, -0.1) is 0 Å². The van der Waals surface area contributed by atoms with Gasteiger partial charge in [0, 0.05) is 24.8 Å². The van der Waals surface area contributed by atoms with E-state index < -0.39 is 6.10 Å². The number of anilines is 1. The van der Waals surface area contributed by atoms with E-state index in [1.165, 1.54) is 5.56 Å². The maximum Gasteiger partial charge on any atom is 0.118 e.